The van der Waals surface area contributed by atoms with Gasteiger partial charge in [-0.1, -0.05) is 48.1 Å². The Balaban J connectivity index is 2.36. The van der Waals surface area contributed by atoms with Crippen molar-refractivity contribution in [3.63, 3.8) is 0 Å². The van der Waals surface area contributed by atoms with Crippen LogP contribution < -0.4 is 0 Å². The highest BCUT2D eigenvalue weighted by Crippen LogP contribution is 2.23. The fourth-order valence-electron chi connectivity index (χ4n) is 1.64. The molecule has 2 rings (SSSR count). The second-order valence-corrected chi connectivity index (χ2v) is 3.53. The summed E-state index contributed by atoms with van der Waals surface area (Å²) in [6.07, 6.45) is 5.53. The van der Waals surface area contributed by atoms with Crippen molar-refractivity contribution in [2.75, 3.05) is 0 Å². The molecule has 1 aliphatic rings. The largest absolute Gasteiger partial charge is 0.294 e. The van der Waals surface area contributed by atoms with Crippen LogP contribution in [0.3, 0.4) is 0 Å². The Labute approximate surface area is 83.8 Å². The minimum Gasteiger partial charge on any atom is -0.294 e. The van der Waals surface area contributed by atoms with Gasteiger partial charge in [-0.05, 0) is 18.6 Å². The molecule has 1 atom stereocenters. The molecule has 0 radical (unpaired) electrons. The number of rotatable bonds is 1. The zero-order chi connectivity index (χ0) is 9.97. The van der Waals surface area contributed by atoms with E-state index in [0.717, 1.165) is 11.1 Å². The first kappa shape index (κ1) is 8.95. The molecule has 0 aromatic heterocycles. The van der Waals surface area contributed by atoms with Gasteiger partial charge in [-0.2, -0.15) is 0 Å². The Kier molecular flexibility index (Phi) is 2.32. The molecule has 0 saturated heterocycles. The Morgan fingerprint density at radius 3 is 2.50 bits per heavy atom. The normalized spacial score (nSPS) is 20.8. The highest BCUT2D eigenvalue weighted by Gasteiger charge is 2.17. The predicted molar refractivity (Wildman–Crippen MR) is 57.1 cm³/mol. The number of hydrogen-bond donors (Lipinski definition) is 0. The van der Waals surface area contributed by atoms with Crippen LogP contribution in [-0.2, 0) is 4.79 Å². The van der Waals surface area contributed by atoms with Crippen molar-refractivity contribution in [1.82, 2.24) is 0 Å². The van der Waals surface area contributed by atoms with Gasteiger partial charge in [0.1, 0.15) is 0 Å². The van der Waals surface area contributed by atoms with Crippen molar-refractivity contribution in [2.24, 2.45) is 0 Å². The van der Waals surface area contributed by atoms with Crippen LogP contribution >= 0.6 is 0 Å². The molecule has 14 heavy (non-hydrogen) atoms. The first-order valence-electron chi connectivity index (χ1n) is 4.72. The fourth-order valence-corrected chi connectivity index (χ4v) is 1.64. The Hall–Kier alpha value is -1.63. The average Bonchev–Trinajstić information content (AvgIpc) is 2.23. The summed E-state index contributed by atoms with van der Waals surface area (Å²) in [5.74, 6) is 0.0861. The van der Waals surface area contributed by atoms with Gasteiger partial charge in [0.05, 0.1) is 5.92 Å². The summed E-state index contributed by atoms with van der Waals surface area (Å²) < 4.78 is 0. The molecule has 0 bridgehead atoms. The van der Waals surface area contributed by atoms with E-state index < -0.39 is 0 Å². The number of ketones is 1. The number of carbonyl (C=O) groups excluding carboxylic acids is 1. The van der Waals surface area contributed by atoms with Crippen LogP contribution in [0, 0.1) is 0 Å². The summed E-state index contributed by atoms with van der Waals surface area (Å²) in [5, 5.41) is 0. The first-order chi connectivity index (χ1) is 6.77. The van der Waals surface area contributed by atoms with Gasteiger partial charge in [-0.3, -0.25) is 4.79 Å². The highest BCUT2D eigenvalue weighted by molar-refractivity contribution is 5.98. The number of carbonyl (C=O) groups is 1. The van der Waals surface area contributed by atoms with Crippen molar-refractivity contribution in [3.05, 3.63) is 59.7 Å². The summed E-state index contributed by atoms with van der Waals surface area (Å²) in [6.45, 7) is 2.01. The quantitative estimate of drug-likeness (QED) is 0.656. The second-order valence-electron chi connectivity index (χ2n) is 3.53. The summed E-state index contributed by atoms with van der Waals surface area (Å²) in [6, 6.07) is 9.87. The minimum atomic E-state index is -0.0822. The monoisotopic (exact) mass is 184 g/mol. The van der Waals surface area contributed by atoms with Crippen molar-refractivity contribution in [2.45, 2.75) is 12.8 Å². The maximum Gasteiger partial charge on any atom is 0.166 e. The topological polar surface area (TPSA) is 17.1 Å². The molecule has 1 aromatic rings. The van der Waals surface area contributed by atoms with E-state index in [1.54, 1.807) is 6.08 Å². The predicted octanol–water partition coefficient (Wildman–Crippen LogP) is 2.86. The van der Waals surface area contributed by atoms with Crippen LogP contribution in [0.4, 0.5) is 0 Å². The lowest BCUT2D eigenvalue weighted by atomic mass is 9.89. The van der Waals surface area contributed by atoms with E-state index in [-0.39, 0.29) is 11.7 Å². The molecule has 1 aliphatic carbocycles. The van der Waals surface area contributed by atoms with Crippen LogP contribution in [0.5, 0.6) is 0 Å². The molecule has 0 heterocycles. The lowest BCUT2D eigenvalue weighted by Crippen LogP contribution is -2.10. The van der Waals surface area contributed by atoms with Crippen LogP contribution in [0.2, 0.25) is 0 Å². The van der Waals surface area contributed by atoms with Gasteiger partial charge in [0.15, 0.2) is 5.78 Å². The van der Waals surface area contributed by atoms with Gasteiger partial charge < -0.3 is 0 Å². The second kappa shape index (κ2) is 3.62. The molecule has 0 spiro atoms. The molecule has 0 amide bonds. The van der Waals surface area contributed by atoms with Gasteiger partial charge >= 0.3 is 0 Å². The van der Waals surface area contributed by atoms with E-state index in [9.17, 15) is 4.79 Å². The van der Waals surface area contributed by atoms with E-state index in [0.29, 0.717) is 0 Å². The zero-order valence-electron chi connectivity index (χ0n) is 8.10. The van der Waals surface area contributed by atoms with E-state index in [1.807, 2.05) is 49.4 Å². The van der Waals surface area contributed by atoms with Crippen LogP contribution in [0.25, 0.3) is 0 Å². The molecule has 1 heteroatoms. The number of benzene rings is 1. The Morgan fingerprint density at radius 1 is 1.07 bits per heavy atom. The molecular weight excluding hydrogens is 172 g/mol. The van der Waals surface area contributed by atoms with E-state index in [2.05, 4.69) is 0 Å². The third-order valence-electron chi connectivity index (χ3n) is 2.41. The third-order valence-corrected chi connectivity index (χ3v) is 2.41. The van der Waals surface area contributed by atoms with E-state index >= 15 is 0 Å². The average molecular weight is 184 g/mol. The summed E-state index contributed by atoms with van der Waals surface area (Å²) >= 11 is 0. The highest BCUT2D eigenvalue weighted by atomic mass is 16.1. The third kappa shape index (κ3) is 1.67. The summed E-state index contributed by atoms with van der Waals surface area (Å²) in [7, 11) is 0. The van der Waals surface area contributed by atoms with Gasteiger partial charge in [0, 0.05) is 0 Å². The summed E-state index contributed by atoms with van der Waals surface area (Å²) in [5.41, 5.74) is 2.22. The van der Waals surface area contributed by atoms with Crippen molar-refractivity contribution in [3.8, 4) is 0 Å². The maximum absolute atomic E-state index is 11.6. The Bertz CT molecular complexity index is 399. The number of hydrogen-bond acceptors (Lipinski definition) is 1. The smallest absolute Gasteiger partial charge is 0.166 e. The molecule has 0 aliphatic heterocycles. The van der Waals surface area contributed by atoms with Crippen molar-refractivity contribution in [1.29, 1.82) is 0 Å². The SMILES string of the molecule is CC1=CC(c2ccccc2)C(=O)C=C1. The van der Waals surface area contributed by atoms with Gasteiger partial charge in [0.2, 0.25) is 0 Å². The molecule has 0 saturated carbocycles. The zero-order valence-corrected chi connectivity index (χ0v) is 8.10. The summed E-state index contributed by atoms with van der Waals surface area (Å²) in [4.78, 5) is 11.6. The van der Waals surface area contributed by atoms with Crippen LogP contribution in [-0.4, -0.2) is 5.78 Å². The lowest BCUT2D eigenvalue weighted by molar-refractivity contribution is -0.115. The lowest BCUT2D eigenvalue weighted by Gasteiger charge is -2.13. The van der Waals surface area contributed by atoms with Crippen LogP contribution in [0.15, 0.2) is 54.1 Å². The molecule has 0 fully saturated rings. The molecule has 1 unspecified atom stereocenters. The molecular formula is C13H12O. The molecule has 0 N–H and O–H groups in total. The van der Waals surface area contributed by atoms with E-state index in [4.69, 9.17) is 0 Å². The molecule has 1 aromatic carbocycles. The van der Waals surface area contributed by atoms with Crippen molar-refractivity contribution >= 4 is 5.78 Å². The minimum absolute atomic E-state index is 0.0822. The first-order valence-corrected chi connectivity index (χ1v) is 4.72. The van der Waals surface area contributed by atoms with Gasteiger partial charge in [-0.25, -0.2) is 0 Å². The number of allylic oxidation sites excluding steroid dienone is 4. The molecule has 1 nitrogen and oxygen atoms in total. The maximum atomic E-state index is 11.6. The standard InChI is InChI=1S/C13H12O/c1-10-7-8-13(14)12(9-10)11-5-3-2-4-6-11/h2-9,12H,1H3. The van der Waals surface area contributed by atoms with Gasteiger partial charge in [-0.15, -0.1) is 0 Å². The fraction of sp³-hybridized carbons (Fsp3) is 0.154. The van der Waals surface area contributed by atoms with Crippen molar-refractivity contribution < 1.29 is 4.79 Å². The van der Waals surface area contributed by atoms with Gasteiger partial charge in [0.25, 0.3) is 0 Å². The molecule has 70 valence electrons. The van der Waals surface area contributed by atoms with Crippen LogP contribution in [0.1, 0.15) is 18.4 Å². The van der Waals surface area contributed by atoms with E-state index in [1.165, 1.54) is 0 Å². The Morgan fingerprint density at radius 2 is 1.79 bits per heavy atom.